The van der Waals surface area contributed by atoms with Crippen molar-refractivity contribution in [1.82, 2.24) is 15.2 Å². The Bertz CT molecular complexity index is 566. The minimum absolute atomic E-state index is 0.0436. The highest BCUT2D eigenvalue weighted by atomic mass is 16.2. The van der Waals surface area contributed by atoms with Crippen LogP contribution in [-0.2, 0) is 16.1 Å². The first kappa shape index (κ1) is 15.8. The van der Waals surface area contributed by atoms with Crippen LogP contribution in [0.4, 0.5) is 5.82 Å². The third kappa shape index (κ3) is 3.63. The van der Waals surface area contributed by atoms with E-state index in [0.29, 0.717) is 26.1 Å². The molecule has 6 nitrogen and oxygen atoms in total. The molecule has 23 heavy (non-hydrogen) atoms. The number of aromatic nitrogens is 1. The summed E-state index contributed by atoms with van der Waals surface area (Å²) in [6.45, 7) is 5.76. The fraction of sp³-hybridized carbons (Fsp3) is 0.588. The monoisotopic (exact) mass is 316 g/mol. The molecular weight excluding hydrogens is 292 g/mol. The van der Waals surface area contributed by atoms with Gasteiger partial charge in [-0.2, -0.15) is 0 Å². The van der Waals surface area contributed by atoms with Crippen LogP contribution in [0.1, 0.15) is 31.7 Å². The summed E-state index contributed by atoms with van der Waals surface area (Å²) in [6, 6.07) is 4.03. The molecule has 1 atom stereocenters. The highest BCUT2D eigenvalue weighted by Gasteiger charge is 2.33. The van der Waals surface area contributed by atoms with E-state index >= 15 is 0 Å². The van der Waals surface area contributed by atoms with Crippen LogP contribution in [-0.4, -0.2) is 47.9 Å². The molecule has 0 spiro atoms. The molecule has 124 valence electrons. The van der Waals surface area contributed by atoms with Crippen molar-refractivity contribution in [3.8, 4) is 0 Å². The molecule has 6 heteroatoms. The number of likely N-dealkylation sites (tertiary alicyclic amines) is 1. The molecule has 2 aliphatic heterocycles. The molecule has 2 amide bonds. The van der Waals surface area contributed by atoms with Gasteiger partial charge in [-0.25, -0.2) is 4.98 Å². The molecule has 2 fully saturated rings. The molecule has 0 aromatic carbocycles. The van der Waals surface area contributed by atoms with Gasteiger partial charge in [0.05, 0.1) is 5.92 Å². The zero-order valence-corrected chi connectivity index (χ0v) is 13.6. The Morgan fingerprint density at radius 2 is 2.13 bits per heavy atom. The third-order valence-corrected chi connectivity index (χ3v) is 4.67. The van der Waals surface area contributed by atoms with Crippen LogP contribution in [0.25, 0.3) is 0 Å². The number of hydrogen-bond acceptors (Lipinski definition) is 4. The molecule has 0 radical (unpaired) electrons. The van der Waals surface area contributed by atoms with Crippen molar-refractivity contribution in [3.63, 3.8) is 0 Å². The van der Waals surface area contributed by atoms with Crippen LogP contribution >= 0.6 is 0 Å². The van der Waals surface area contributed by atoms with E-state index in [1.165, 1.54) is 12.8 Å². The molecule has 0 bridgehead atoms. The molecular formula is C17H24N4O2. The lowest BCUT2D eigenvalue weighted by Crippen LogP contribution is -2.32. The number of hydrogen-bond donors (Lipinski definition) is 1. The Balaban J connectivity index is 1.50. The second-order valence-electron chi connectivity index (χ2n) is 6.27. The smallest absolute Gasteiger partial charge is 0.225 e. The maximum atomic E-state index is 12.2. The van der Waals surface area contributed by atoms with Gasteiger partial charge in [0.2, 0.25) is 11.8 Å². The van der Waals surface area contributed by atoms with Crippen LogP contribution in [0.5, 0.6) is 0 Å². The summed E-state index contributed by atoms with van der Waals surface area (Å²) in [6.07, 6.45) is 4.61. The minimum atomic E-state index is -0.223. The van der Waals surface area contributed by atoms with Gasteiger partial charge in [-0.05, 0) is 31.4 Å². The SMILES string of the molecule is CCN1CC(C(=O)NCc2ccc(N3CCCC3)nc2)CC1=O. The summed E-state index contributed by atoms with van der Waals surface area (Å²) in [7, 11) is 0. The normalized spacial score (nSPS) is 21.1. The molecule has 3 heterocycles. The number of amides is 2. The number of pyridine rings is 1. The Kier molecular flexibility index (Phi) is 4.79. The second kappa shape index (κ2) is 6.98. The van der Waals surface area contributed by atoms with Crippen molar-refractivity contribution in [2.45, 2.75) is 32.7 Å². The van der Waals surface area contributed by atoms with Crippen molar-refractivity contribution in [3.05, 3.63) is 23.9 Å². The van der Waals surface area contributed by atoms with Crippen molar-refractivity contribution in [2.75, 3.05) is 31.1 Å². The Morgan fingerprint density at radius 1 is 1.35 bits per heavy atom. The molecule has 0 saturated carbocycles. The summed E-state index contributed by atoms with van der Waals surface area (Å²) < 4.78 is 0. The number of carbonyl (C=O) groups excluding carboxylic acids is 2. The first-order valence-corrected chi connectivity index (χ1v) is 8.42. The number of nitrogens with zero attached hydrogens (tertiary/aromatic N) is 3. The average molecular weight is 316 g/mol. The zero-order chi connectivity index (χ0) is 16.2. The van der Waals surface area contributed by atoms with E-state index in [1.54, 1.807) is 4.90 Å². The lowest BCUT2D eigenvalue weighted by molar-refractivity contribution is -0.128. The topological polar surface area (TPSA) is 65.5 Å². The van der Waals surface area contributed by atoms with E-state index in [0.717, 1.165) is 24.5 Å². The molecule has 2 saturated heterocycles. The molecule has 2 aliphatic rings. The average Bonchev–Trinajstić information content (AvgIpc) is 3.22. The largest absolute Gasteiger partial charge is 0.357 e. The molecule has 3 rings (SSSR count). The highest BCUT2D eigenvalue weighted by molar-refractivity contribution is 5.89. The Labute approximate surface area is 136 Å². The molecule has 1 aromatic rings. The lowest BCUT2D eigenvalue weighted by atomic mass is 10.1. The van der Waals surface area contributed by atoms with Gasteiger partial charge >= 0.3 is 0 Å². The number of anilines is 1. The van der Waals surface area contributed by atoms with Crippen LogP contribution in [0.2, 0.25) is 0 Å². The summed E-state index contributed by atoms with van der Waals surface area (Å²) >= 11 is 0. The second-order valence-corrected chi connectivity index (χ2v) is 6.27. The molecule has 1 N–H and O–H groups in total. The van der Waals surface area contributed by atoms with Crippen molar-refractivity contribution in [2.24, 2.45) is 5.92 Å². The number of rotatable bonds is 5. The van der Waals surface area contributed by atoms with Gasteiger partial charge in [0.1, 0.15) is 5.82 Å². The maximum absolute atomic E-state index is 12.2. The lowest BCUT2D eigenvalue weighted by Gasteiger charge is -2.16. The van der Waals surface area contributed by atoms with Crippen LogP contribution in [0.3, 0.4) is 0 Å². The van der Waals surface area contributed by atoms with Gasteiger partial charge in [-0.3, -0.25) is 9.59 Å². The summed E-state index contributed by atoms with van der Waals surface area (Å²) in [5.74, 6) is 0.819. The van der Waals surface area contributed by atoms with Crippen LogP contribution in [0, 0.1) is 5.92 Å². The quantitative estimate of drug-likeness (QED) is 0.885. The Hall–Kier alpha value is -2.11. The van der Waals surface area contributed by atoms with Crippen LogP contribution in [0.15, 0.2) is 18.3 Å². The Morgan fingerprint density at radius 3 is 2.74 bits per heavy atom. The highest BCUT2D eigenvalue weighted by Crippen LogP contribution is 2.19. The first-order valence-electron chi connectivity index (χ1n) is 8.42. The van der Waals surface area contributed by atoms with E-state index < -0.39 is 0 Å². The van der Waals surface area contributed by atoms with Crippen LogP contribution < -0.4 is 10.2 Å². The maximum Gasteiger partial charge on any atom is 0.225 e. The standard InChI is InChI=1S/C17H24N4O2/c1-2-20-12-14(9-16(20)22)17(23)19-11-13-5-6-15(18-10-13)21-7-3-4-8-21/h5-6,10,14H,2-4,7-9,11-12H2,1H3,(H,19,23). The zero-order valence-electron chi connectivity index (χ0n) is 13.6. The number of nitrogens with one attached hydrogen (secondary N) is 1. The van der Waals surface area contributed by atoms with E-state index in [9.17, 15) is 9.59 Å². The predicted octanol–water partition coefficient (Wildman–Crippen LogP) is 1.17. The minimum Gasteiger partial charge on any atom is -0.357 e. The van der Waals surface area contributed by atoms with E-state index in [2.05, 4.69) is 15.2 Å². The van der Waals surface area contributed by atoms with Crippen molar-refractivity contribution >= 4 is 17.6 Å². The van der Waals surface area contributed by atoms with E-state index in [4.69, 9.17) is 0 Å². The molecule has 1 unspecified atom stereocenters. The van der Waals surface area contributed by atoms with Gasteiger partial charge in [0.15, 0.2) is 0 Å². The first-order chi connectivity index (χ1) is 11.2. The molecule has 1 aromatic heterocycles. The molecule has 0 aliphatic carbocycles. The fourth-order valence-electron chi connectivity index (χ4n) is 3.24. The van der Waals surface area contributed by atoms with Gasteiger partial charge in [-0.1, -0.05) is 6.07 Å². The van der Waals surface area contributed by atoms with Gasteiger partial charge in [-0.15, -0.1) is 0 Å². The fourth-order valence-corrected chi connectivity index (χ4v) is 3.24. The summed E-state index contributed by atoms with van der Waals surface area (Å²) in [5.41, 5.74) is 0.984. The van der Waals surface area contributed by atoms with Gasteiger partial charge in [0.25, 0.3) is 0 Å². The number of carbonyl (C=O) groups is 2. The van der Waals surface area contributed by atoms with Gasteiger partial charge in [0, 0.05) is 45.3 Å². The van der Waals surface area contributed by atoms with E-state index in [1.807, 2.05) is 25.3 Å². The van der Waals surface area contributed by atoms with E-state index in [-0.39, 0.29) is 17.7 Å². The van der Waals surface area contributed by atoms with Crippen molar-refractivity contribution < 1.29 is 9.59 Å². The van der Waals surface area contributed by atoms with Gasteiger partial charge < -0.3 is 15.1 Å². The summed E-state index contributed by atoms with van der Waals surface area (Å²) in [5, 5.41) is 2.92. The van der Waals surface area contributed by atoms with Crippen molar-refractivity contribution in [1.29, 1.82) is 0 Å². The third-order valence-electron chi connectivity index (χ3n) is 4.67. The summed E-state index contributed by atoms with van der Waals surface area (Å²) in [4.78, 5) is 32.4. The predicted molar refractivity (Wildman–Crippen MR) is 87.9 cm³/mol.